The zero-order valence-corrected chi connectivity index (χ0v) is 18.3. The monoisotopic (exact) mass is 448 g/mol. The number of amides is 1. The van der Waals surface area contributed by atoms with Crippen LogP contribution in [0.15, 0.2) is 47.4 Å². The van der Waals surface area contributed by atoms with E-state index in [1.807, 2.05) is 0 Å². The van der Waals surface area contributed by atoms with Gasteiger partial charge in [-0.2, -0.15) is 0 Å². The molecule has 30 heavy (non-hydrogen) atoms. The fourth-order valence-electron chi connectivity index (χ4n) is 5.11. The van der Waals surface area contributed by atoms with Crippen LogP contribution in [0.3, 0.4) is 0 Å². The standard InChI is InChI=1S/C22H25ClN2O4S/c1-29-18-10-7-15(23)13-17(18)25-21(26)20-19(22(20)11-3-2-4-12-22)14-5-8-16(9-6-14)30(24,27)28/h5-10,13,19-20H,2-4,11-12H2,1H3,(H,25,26)(H2,24,27,28)/t19-,20+/m0/s1. The number of ether oxygens (including phenoxy) is 1. The summed E-state index contributed by atoms with van der Waals surface area (Å²) in [6, 6.07) is 11.7. The van der Waals surface area contributed by atoms with E-state index in [1.165, 1.54) is 18.6 Å². The predicted molar refractivity (Wildman–Crippen MR) is 116 cm³/mol. The van der Waals surface area contributed by atoms with Gasteiger partial charge in [0.25, 0.3) is 0 Å². The number of sulfonamides is 1. The zero-order chi connectivity index (χ0) is 21.5. The molecule has 2 atom stereocenters. The molecule has 8 heteroatoms. The minimum Gasteiger partial charge on any atom is -0.495 e. The van der Waals surface area contributed by atoms with E-state index in [0.717, 1.165) is 31.2 Å². The molecular formula is C22H25ClN2O4S. The molecule has 160 valence electrons. The Morgan fingerprint density at radius 3 is 2.40 bits per heavy atom. The lowest BCUT2D eigenvalue weighted by Crippen LogP contribution is -2.20. The van der Waals surface area contributed by atoms with Crippen LogP contribution < -0.4 is 15.2 Å². The van der Waals surface area contributed by atoms with Crippen molar-refractivity contribution in [1.82, 2.24) is 0 Å². The number of carbonyl (C=O) groups excluding carboxylic acids is 1. The van der Waals surface area contributed by atoms with Gasteiger partial charge in [-0.15, -0.1) is 0 Å². The lowest BCUT2D eigenvalue weighted by Gasteiger charge is -2.23. The topological polar surface area (TPSA) is 98.5 Å². The van der Waals surface area contributed by atoms with Gasteiger partial charge in [-0.25, -0.2) is 13.6 Å². The van der Waals surface area contributed by atoms with E-state index >= 15 is 0 Å². The molecule has 1 amide bonds. The minimum absolute atomic E-state index is 0.0532. The minimum atomic E-state index is -3.75. The van der Waals surface area contributed by atoms with Crippen molar-refractivity contribution in [3.8, 4) is 5.75 Å². The van der Waals surface area contributed by atoms with Gasteiger partial charge < -0.3 is 10.1 Å². The third kappa shape index (κ3) is 3.82. The second-order valence-corrected chi connectivity index (χ2v) is 10.2. The van der Waals surface area contributed by atoms with E-state index < -0.39 is 10.0 Å². The second kappa shape index (κ2) is 7.87. The van der Waals surface area contributed by atoms with Gasteiger partial charge in [0, 0.05) is 10.9 Å². The van der Waals surface area contributed by atoms with Crippen LogP contribution in [0.1, 0.15) is 43.6 Å². The Balaban J connectivity index is 1.62. The van der Waals surface area contributed by atoms with Crippen LogP contribution in [-0.4, -0.2) is 21.4 Å². The highest BCUT2D eigenvalue weighted by Gasteiger charge is 2.67. The van der Waals surface area contributed by atoms with Crippen molar-refractivity contribution in [3.05, 3.63) is 53.1 Å². The molecule has 0 saturated heterocycles. The number of nitrogens with two attached hydrogens (primary N) is 1. The Labute approximate surface area is 181 Å². The maximum Gasteiger partial charge on any atom is 0.238 e. The number of methoxy groups -OCH3 is 1. The Morgan fingerprint density at radius 2 is 1.80 bits per heavy atom. The summed E-state index contributed by atoms with van der Waals surface area (Å²) < 4.78 is 28.5. The molecule has 3 N–H and O–H groups in total. The smallest absolute Gasteiger partial charge is 0.238 e. The molecule has 4 rings (SSSR count). The molecule has 0 aliphatic heterocycles. The molecule has 0 unspecified atom stereocenters. The number of nitrogens with one attached hydrogen (secondary N) is 1. The number of benzene rings is 2. The Kier molecular flexibility index (Phi) is 5.55. The summed E-state index contributed by atoms with van der Waals surface area (Å²) in [5, 5.41) is 8.75. The van der Waals surface area contributed by atoms with E-state index in [1.54, 1.807) is 37.4 Å². The first-order valence-electron chi connectivity index (χ1n) is 10.0. The van der Waals surface area contributed by atoms with Crippen molar-refractivity contribution in [2.45, 2.75) is 42.9 Å². The fraction of sp³-hybridized carbons (Fsp3) is 0.409. The molecule has 0 heterocycles. The molecule has 6 nitrogen and oxygen atoms in total. The number of primary sulfonamides is 1. The third-order valence-corrected chi connectivity index (χ3v) is 7.68. The maximum absolute atomic E-state index is 13.3. The Bertz CT molecular complexity index is 1060. The normalized spacial score (nSPS) is 22.5. The van der Waals surface area contributed by atoms with Crippen molar-refractivity contribution in [2.75, 3.05) is 12.4 Å². The number of halogens is 1. The third-order valence-electron chi connectivity index (χ3n) is 6.52. The van der Waals surface area contributed by atoms with Gasteiger partial charge in [0.05, 0.1) is 23.6 Å². The van der Waals surface area contributed by atoms with E-state index in [0.29, 0.717) is 16.5 Å². The van der Waals surface area contributed by atoms with Crippen LogP contribution in [0, 0.1) is 11.3 Å². The molecule has 2 aliphatic carbocycles. The summed E-state index contributed by atoms with van der Waals surface area (Å²) in [4.78, 5) is 13.4. The molecule has 2 aromatic carbocycles. The quantitative estimate of drug-likeness (QED) is 0.712. The highest BCUT2D eigenvalue weighted by Crippen LogP contribution is 2.71. The number of hydrogen-bond donors (Lipinski definition) is 2. The predicted octanol–water partition coefficient (Wildman–Crippen LogP) is 4.30. The van der Waals surface area contributed by atoms with Crippen LogP contribution in [-0.2, 0) is 14.8 Å². The van der Waals surface area contributed by atoms with Crippen LogP contribution in [0.2, 0.25) is 5.02 Å². The summed E-state index contributed by atoms with van der Waals surface area (Å²) >= 11 is 6.10. The van der Waals surface area contributed by atoms with Crippen molar-refractivity contribution in [1.29, 1.82) is 0 Å². The first-order valence-corrected chi connectivity index (χ1v) is 12.0. The van der Waals surface area contributed by atoms with Crippen LogP contribution in [0.5, 0.6) is 5.75 Å². The molecule has 2 fully saturated rings. The van der Waals surface area contributed by atoms with Crippen molar-refractivity contribution < 1.29 is 17.9 Å². The van der Waals surface area contributed by atoms with Gasteiger partial charge in [0.2, 0.25) is 15.9 Å². The highest BCUT2D eigenvalue weighted by atomic mass is 35.5. The summed E-state index contributed by atoms with van der Waals surface area (Å²) in [5.74, 6) is 0.373. The van der Waals surface area contributed by atoms with Crippen molar-refractivity contribution in [2.24, 2.45) is 16.5 Å². The highest BCUT2D eigenvalue weighted by molar-refractivity contribution is 7.89. The summed E-state index contributed by atoms with van der Waals surface area (Å²) in [7, 11) is -2.20. The lowest BCUT2D eigenvalue weighted by molar-refractivity contribution is -0.118. The number of carbonyl (C=O) groups is 1. The number of hydrogen-bond acceptors (Lipinski definition) is 4. The molecule has 0 aromatic heterocycles. The summed E-state index contributed by atoms with van der Waals surface area (Å²) in [6.07, 6.45) is 5.33. The summed E-state index contributed by atoms with van der Waals surface area (Å²) in [6.45, 7) is 0. The van der Waals surface area contributed by atoms with Crippen LogP contribution in [0.4, 0.5) is 5.69 Å². The van der Waals surface area contributed by atoms with E-state index in [4.69, 9.17) is 21.5 Å². The van der Waals surface area contributed by atoms with Gasteiger partial charge in [-0.3, -0.25) is 4.79 Å². The number of anilines is 1. The van der Waals surface area contributed by atoms with Gasteiger partial charge in [0.1, 0.15) is 5.75 Å². The average Bonchev–Trinajstić information content (AvgIpc) is 3.35. The van der Waals surface area contributed by atoms with E-state index in [-0.39, 0.29) is 28.1 Å². The molecule has 1 spiro atoms. The Morgan fingerprint density at radius 1 is 1.13 bits per heavy atom. The summed E-state index contributed by atoms with van der Waals surface area (Å²) in [5.41, 5.74) is 1.44. The largest absolute Gasteiger partial charge is 0.495 e. The zero-order valence-electron chi connectivity index (χ0n) is 16.7. The molecular weight excluding hydrogens is 424 g/mol. The maximum atomic E-state index is 13.3. The molecule has 0 radical (unpaired) electrons. The van der Waals surface area contributed by atoms with Gasteiger partial charge in [-0.1, -0.05) is 43.0 Å². The first-order chi connectivity index (χ1) is 14.3. The molecule has 2 aromatic rings. The number of rotatable bonds is 5. The first kappa shape index (κ1) is 21.2. The molecule has 2 aliphatic rings. The van der Waals surface area contributed by atoms with Crippen LogP contribution in [0.25, 0.3) is 0 Å². The Hall–Kier alpha value is -2.09. The SMILES string of the molecule is COc1ccc(Cl)cc1NC(=O)[C@H]1[C@H](c2ccc(S(N)(=O)=O)cc2)C12CCCCC2. The van der Waals surface area contributed by atoms with Gasteiger partial charge in [0.15, 0.2) is 0 Å². The lowest BCUT2D eigenvalue weighted by atomic mass is 9.82. The van der Waals surface area contributed by atoms with E-state index in [2.05, 4.69) is 5.32 Å². The second-order valence-electron chi connectivity index (χ2n) is 8.20. The average molecular weight is 449 g/mol. The fourth-order valence-corrected chi connectivity index (χ4v) is 5.80. The molecule has 0 bridgehead atoms. The van der Waals surface area contributed by atoms with Crippen molar-refractivity contribution >= 4 is 33.2 Å². The van der Waals surface area contributed by atoms with E-state index in [9.17, 15) is 13.2 Å². The van der Waals surface area contributed by atoms with Crippen LogP contribution >= 0.6 is 11.6 Å². The van der Waals surface area contributed by atoms with Gasteiger partial charge >= 0.3 is 0 Å². The molecule has 2 saturated carbocycles. The van der Waals surface area contributed by atoms with Gasteiger partial charge in [-0.05, 0) is 54.2 Å². The van der Waals surface area contributed by atoms with Crippen molar-refractivity contribution in [3.63, 3.8) is 0 Å².